The minimum atomic E-state index is -1.65. The van der Waals surface area contributed by atoms with Crippen LogP contribution in [0.5, 0.6) is 0 Å². The van der Waals surface area contributed by atoms with Gasteiger partial charge in [-0.1, -0.05) is 18.2 Å². The van der Waals surface area contributed by atoms with Crippen molar-refractivity contribution in [2.75, 3.05) is 32.3 Å². The molecule has 32 heavy (non-hydrogen) atoms. The Morgan fingerprint density at radius 1 is 1.12 bits per heavy atom. The molecule has 0 N–H and O–H groups in total. The molecular formula is C24H27NO7. The van der Waals surface area contributed by atoms with E-state index in [1.807, 2.05) is 31.3 Å². The van der Waals surface area contributed by atoms with Crippen molar-refractivity contribution in [1.29, 1.82) is 0 Å². The van der Waals surface area contributed by atoms with Gasteiger partial charge in [0.2, 0.25) is 5.78 Å². The summed E-state index contributed by atoms with van der Waals surface area (Å²) in [5.41, 5.74) is -2.18. The molecule has 4 aliphatic rings. The number of likely N-dealkylation sites (N-methyl/N-ethyl adjacent to an activating group) is 1. The number of ketones is 1. The zero-order valence-corrected chi connectivity index (χ0v) is 18.7. The van der Waals surface area contributed by atoms with Crippen molar-refractivity contribution in [2.24, 2.45) is 5.41 Å². The lowest BCUT2D eigenvalue weighted by Crippen LogP contribution is -2.54. The molecule has 1 aromatic rings. The summed E-state index contributed by atoms with van der Waals surface area (Å²) < 4.78 is 22.7. The second-order valence-electron chi connectivity index (χ2n) is 8.89. The quantitative estimate of drug-likeness (QED) is 0.506. The van der Waals surface area contributed by atoms with E-state index in [4.69, 9.17) is 18.9 Å². The van der Waals surface area contributed by atoms with Crippen LogP contribution in [0, 0.1) is 5.41 Å². The topological polar surface area (TPSA) is 91.4 Å². The first-order chi connectivity index (χ1) is 15.3. The Morgan fingerprint density at radius 3 is 2.41 bits per heavy atom. The van der Waals surface area contributed by atoms with E-state index in [1.54, 1.807) is 19.9 Å². The van der Waals surface area contributed by atoms with Gasteiger partial charge in [0, 0.05) is 19.2 Å². The summed E-state index contributed by atoms with van der Waals surface area (Å²) >= 11 is 0. The van der Waals surface area contributed by atoms with E-state index in [0.29, 0.717) is 0 Å². The molecule has 1 aliphatic carbocycles. The van der Waals surface area contributed by atoms with Gasteiger partial charge >= 0.3 is 11.9 Å². The lowest BCUT2D eigenvalue weighted by atomic mass is 9.66. The van der Waals surface area contributed by atoms with Crippen LogP contribution in [0.3, 0.4) is 0 Å². The van der Waals surface area contributed by atoms with Crippen molar-refractivity contribution in [1.82, 2.24) is 0 Å². The molecule has 2 fully saturated rings. The van der Waals surface area contributed by atoms with Crippen molar-refractivity contribution in [3.8, 4) is 0 Å². The monoisotopic (exact) mass is 441 g/mol. The third kappa shape index (κ3) is 2.18. The molecule has 3 aliphatic heterocycles. The number of esters is 2. The zero-order valence-electron chi connectivity index (χ0n) is 18.7. The second kappa shape index (κ2) is 6.81. The van der Waals surface area contributed by atoms with E-state index in [2.05, 4.69) is 4.90 Å². The second-order valence-corrected chi connectivity index (χ2v) is 8.89. The number of nitrogens with zero attached hydrogens (tertiary/aromatic N) is 1. The molecule has 1 saturated carbocycles. The Labute approximate surface area is 186 Å². The van der Waals surface area contributed by atoms with Crippen LogP contribution in [0.1, 0.15) is 32.3 Å². The molecule has 0 aromatic heterocycles. The molecule has 5 rings (SSSR count). The Hall–Kier alpha value is -2.87. The summed E-state index contributed by atoms with van der Waals surface area (Å²) in [4.78, 5) is 42.7. The van der Waals surface area contributed by atoms with Gasteiger partial charge in [-0.15, -0.1) is 0 Å². The van der Waals surface area contributed by atoms with E-state index in [-0.39, 0.29) is 43.6 Å². The number of anilines is 1. The summed E-state index contributed by atoms with van der Waals surface area (Å²) in [5, 5.41) is 0. The minimum absolute atomic E-state index is 0.0662. The summed E-state index contributed by atoms with van der Waals surface area (Å²) in [5.74, 6) is -1.50. The number of hydrogen-bond donors (Lipinski definition) is 0. The van der Waals surface area contributed by atoms with E-state index >= 15 is 0 Å². The predicted molar refractivity (Wildman–Crippen MR) is 113 cm³/mol. The standard InChI is InChI=1S/C24H27NO7/c1-5-30-20(27)22(21(28)31-6-2)12-23-14-9-7-8-10-15(14)25(3)18(23)16-11-17(29-4)19(26)24(23,13-22)32-16/h7-11,16,18H,5-6,12-13H2,1-4H3/t16-,18+,23+,24+/m0/s1. The molecule has 3 heterocycles. The molecule has 0 radical (unpaired) electrons. The highest BCUT2D eigenvalue weighted by atomic mass is 16.6. The molecule has 0 unspecified atom stereocenters. The Kier molecular flexibility index (Phi) is 4.47. The number of para-hydroxylation sites is 1. The van der Waals surface area contributed by atoms with E-state index < -0.39 is 34.5 Å². The largest absolute Gasteiger partial charge is 0.493 e. The summed E-state index contributed by atoms with van der Waals surface area (Å²) in [7, 11) is 3.40. The lowest BCUT2D eigenvalue weighted by Gasteiger charge is -2.37. The van der Waals surface area contributed by atoms with Gasteiger partial charge in [-0.25, -0.2) is 0 Å². The van der Waals surface area contributed by atoms with Crippen LogP contribution in [0.15, 0.2) is 36.1 Å². The fraction of sp³-hybridized carbons (Fsp3) is 0.542. The highest BCUT2D eigenvalue weighted by Gasteiger charge is 2.83. The number of methoxy groups -OCH3 is 1. The van der Waals surface area contributed by atoms with Crippen LogP contribution in [0.25, 0.3) is 0 Å². The predicted octanol–water partition coefficient (Wildman–Crippen LogP) is 1.90. The first-order valence-corrected chi connectivity index (χ1v) is 11.0. The molecule has 170 valence electrons. The van der Waals surface area contributed by atoms with Gasteiger partial charge in [0.1, 0.15) is 11.7 Å². The average molecular weight is 441 g/mol. The number of benzene rings is 1. The molecule has 0 amide bonds. The average Bonchev–Trinajstić information content (AvgIpc) is 3.31. The fourth-order valence-electron chi connectivity index (χ4n) is 6.62. The number of Topliss-reactive ketones (excluding diaryl/α,β-unsaturated/α-hetero) is 1. The number of hydrogen-bond acceptors (Lipinski definition) is 8. The Morgan fingerprint density at radius 2 is 1.78 bits per heavy atom. The normalized spacial score (nSPS) is 33.2. The van der Waals surface area contributed by atoms with Crippen LogP contribution in [0.4, 0.5) is 5.69 Å². The maximum absolute atomic E-state index is 13.9. The van der Waals surface area contributed by atoms with Crippen molar-refractivity contribution >= 4 is 23.4 Å². The van der Waals surface area contributed by atoms with Crippen molar-refractivity contribution in [2.45, 2.75) is 49.9 Å². The number of ether oxygens (including phenoxy) is 4. The van der Waals surface area contributed by atoms with Crippen LogP contribution in [-0.2, 0) is 38.7 Å². The van der Waals surface area contributed by atoms with Gasteiger partial charge in [0.25, 0.3) is 0 Å². The van der Waals surface area contributed by atoms with Gasteiger partial charge in [-0.05, 0) is 38.0 Å². The molecule has 8 nitrogen and oxygen atoms in total. The van der Waals surface area contributed by atoms with Gasteiger partial charge < -0.3 is 23.8 Å². The van der Waals surface area contributed by atoms with Crippen molar-refractivity contribution in [3.63, 3.8) is 0 Å². The van der Waals surface area contributed by atoms with Crippen LogP contribution < -0.4 is 4.90 Å². The first kappa shape index (κ1) is 21.0. The SMILES string of the molecule is CCOC(=O)C1(C(=O)OCC)C[C@@]23O[C@@H](C=C(OC)C2=O)[C@H]2N(C)c4ccccc4[C@]23C1. The molecule has 1 aromatic carbocycles. The van der Waals surface area contributed by atoms with Gasteiger partial charge in [0.15, 0.2) is 11.2 Å². The molecule has 4 atom stereocenters. The lowest BCUT2D eigenvalue weighted by molar-refractivity contribution is -0.175. The molecular weight excluding hydrogens is 414 g/mol. The number of fused-ring (bicyclic) bond motifs is 3. The highest BCUT2D eigenvalue weighted by Crippen LogP contribution is 2.71. The third-order valence-corrected chi connectivity index (χ3v) is 7.65. The smallest absolute Gasteiger partial charge is 0.323 e. The van der Waals surface area contributed by atoms with Crippen molar-refractivity contribution in [3.05, 3.63) is 41.7 Å². The molecule has 2 bridgehead atoms. The van der Waals surface area contributed by atoms with Gasteiger partial charge in [-0.3, -0.25) is 14.4 Å². The van der Waals surface area contributed by atoms with E-state index in [0.717, 1.165) is 11.3 Å². The summed E-state index contributed by atoms with van der Waals surface area (Å²) in [6, 6.07) is 7.51. The molecule has 1 saturated heterocycles. The number of rotatable bonds is 5. The highest BCUT2D eigenvalue weighted by molar-refractivity contribution is 6.09. The molecule has 8 heteroatoms. The Balaban J connectivity index is 1.79. The van der Waals surface area contributed by atoms with E-state index in [1.165, 1.54) is 7.11 Å². The van der Waals surface area contributed by atoms with E-state index in [9.17, 15) is 14.4 Å². The van der Waals surface area contributed by atoms with Gasteiger partial charge in [-0.2, -0.15) is 0 Å². The summed E-state index contributed by atoms with van der Waals surface area (Å²) in [6.45, 7) is 3.60. The Bertz CT molecular complexity index is 1030. The first-order valence-electron chi connectivity index (χ1n) is 11.0. The maximum Gasteiger partial charge on any atom is 0.323 e. The maximum atomic E-state index is 13.9. The van der Waals surface area contributed by atoms with Crippen LogP contribution in [0.2, 0.25) is 0 Å². The summed E-state index contributed by atoms with van der Waals surface area (Å²) in [6.07, 6.45) is 1.21. The van der Waals surface area contributed by atoms with Gasteiger partial charge in [0.05, 0.1) is 31.8 Å². The number of carbonyl (C=O) groups excluding carboxylic acids is 3. The zero-order chi connectivity index (χ0) is 22.9. The molecule has 2 spiro atoms. The van der Waals surface area contributed by atoms with Crippen molar-refractivity contribution < 1.29 is 33.3 Å². The van der Waals surface area contributed by atoms with Crippen LogP contribution in [-0.4, -0.2) is 62.8 Å². The minimum Gasteiger partial charge on any atom is -0.493 e. The third-order valence-electron chi connectivity index (χ3n) is 7.65. The number of carbonyl (C=O) groups is 3. The fourth-order valence-corrected chi connectivity index (χ4v) is 6.62. The van der Waals surface area contributed by atoms with Crippen LogP contribution >= 0.6 is 0 Å².